The number of ether oxygens (including phenoxy) is 2. The SMILES string of the molecule is CN=C(NCC(C(C)C)N1CCOCC1)NC1CCN(c2ccccc2OC)C1. The van der Waals surface area contributed by atoms with Gasteiger partial charge < -0.3 is 25.0 Å². The zero-order valence-corrected chi connectivity index (χ0v) is 18.4. The fraction of sp³-hybridized carbons (Fsp3) is 0.682. The molecular weight excluding hydrogens is 366 g/mol. The van der Waals surface area contributed by atoms with Crippen molar-refractivity contribution in [2.45, 2.75) is 32.4 Å². The van der Waals surface area contributed by atoms with Gasteiger partial charge in [-0.3, -0.25) is 9.89 Å². The van der Waals surface area contributed by atoms with Crippen LogP contribution >= 0.6 is 0 Å². The van der Waals surface area contributed by atoms with Gasteiger partial charge in [0.25, 0.3) is 0 Å². The van der Waals surface area contributed by atoms with Gasteiger partial charge in [-0.2, -0.15) is 0 Å². The predicted octanol–water partition coefficient (Wildman–Crippen LogP) is 1.80. The highest BCUT2D eigenvalue weighted by Gasteiger charge is 2.27. The Hall–Kier alpha value is -1.99. The summed E-state index contributed by atoms with van der Waals surface area (Å²) in [6, 6.07) is 9.08. The van der Waals surface area contributed by atoms with E-state index in [0.29, 0.717) is 18.0 Å². The predicted molar refractivity (Wildman–Crippen MR) is 119 cm³/mol. The molecule has 0 bridgehead atoms. The minimum atomic E-state index is 0.368. The molecule has 2 saturated heterocycles. The van der Waals surface area contributed by atoms with Gasteiger partial charge in [-0.1, -0.05) is 26.0 Å². The Morgan fingerprint density at radius 1 is 1.24 bits per heavy atom. The zero-order chi connectivity index (χ0) is 20.6. The molecule has 0 aromatic heterocycles. The molecule has 29 heavy (non-hydrogen) atoms. The summed E-state index contributed by atoms with van der Waals surface area (Å²) in [5, 5.41) is 7.18. The summed E-state index contributed by atoms with van der Waals surface area (Å²) in [5.41, 5.74) is 1.16. The first-order valence-corrected chi connectivity index (χ1v) is 10.8. The van der Waals surface area contributed by atoms with E-state index in [-0.39, 0.29) is 0 Å². The number of morpholine rings is 1. The summed E-state index contributed by atoms with van der Waals surface area (Å²) in [5.74, 6) is 2.39. The van der Waals surface area contributed by atoms with E-state index in [1.54, 1.807) is 7.11 Å². The molecule has 2 heterocycles. The van der Waals surface area contributed by atoms with Gasteiger partial charge in [0.15, 0.2) is 5.96 Å². The summed E-state index contributed by atoms with van der Waals surface area (Å²) in [6.45, 7) is 11.1. The second kappa shape index (κ2) is 10.7. The largest absolute Gasteiger partial charge is 0.495 e. The van der Waals surface area contributed by atoms with Crippen molar-refractivity contribution in [3.63, 3.8) is 0 Å². The van der Waals surface area contributed by atoms with E-state index in [0.717, 1.165) is 69.8 Å². The molecule has 7 nitrogen and oxygen atoms in total. The number of para-hydroxylation sites is 2. The van der Waals surface area contributed by atoms with E-state index >= 15 is 0 Å². The lowest BCUT2D eigenvalue weighted by molar-refractivity contribution is 0.00751. The first-order chi connectivity index (χ1) is 14.1. The Balaban J connectivity index is 1.52. The van der Waals surface area contributed by atoms with Crippen LogP contribution in [0.15, 0.2) is 29.3 Å². The zero-order valence-electron chi connectivity index (χ0n) is 18.4. The van der Waals surface area contributed by atoms with Gasteiger partial charge in [0, 0.05) is 51.9 Å². The molecule has 0 aliphatic carbocycles. The molecule has 0 spiro atoms. The molecule has 2 aliphatic rings. The van der Waals surface area contributed by atoms with Crippen LogP contribution in [0.3, 0.4) is 0 Å². The smallest absolute Gasteiger partial charge is 0.191 e. The summed E-state index contributed by atoms with van der Waals surface area (Å²) in [6.07, 6.45) is 1.08. The second-order valence-corrected chi connectivity index (χ2v) is 8.16. The molecule has 2 fully saturated rings. The lowest BCUT2D eigenvalue weighted by Gasteiger charge is -2.37. The molecule has 2 unspecified atom stereocenters. The molecular formula is C22H37N5O2. The van der Waals surface area contributed by atoms with Crippen LogP contribution < -0.4 is 20.3 Å². The van der Waals surface area contributed by atoms with Crippen LogP contribution in [0.25, 0.3) is 0 Å². The molecule has 1 aromatic carbocycles. The molecule has 2 N–H and O–H groups in total. The summed E-state index contributed by atoms with van der Waals surface area (Å²) >= 11 is 0. The van der Waals surface area contributed by atoms with Gasteiger partial charge in [-0.05, 0) is 24.5 Å². The van der Waals surface area contributed by atoms with Crippen molar-refractivity contribution >= 4 is 11.6 Å². The molecule has 2 atom stereocenters. The molecule has 7 heteroatoms. The Labute approximate surface area is 175 Å². The average molecular weight is 404 g/mol. The number of guanidine groups is 1. The highest BCUT2D eigenvalue weighted by atomic mass is 16.5. The number of methoxy groups -OCH3 is 1. The minimum Gasteiger partial charge on any atom is -0.495 e. The Morgan fingerprint density at radius 3 is 2.69 bits per heavy atom. The number of nitrogens with one attached hydrogen (secondary N) is 2. The van der Waals surface area contributed by atoms with E-state index in [4.69, 9.17) is 9.47 Å². The van der Waals surface area contributed by atoms with Crippen molar-refractivity contribution in [1.29, 1.82) is 0 Å². The monoisotopic (exact) mass is 403 g/mol. The second-order valence-electron chi connectivity index (χ2n) is 8.16. The summed E-state index contributed by atoms with van der Waals surface area (Å²) in [7, 11) is 3.58. The standard InChI is InChI=1S/C22H37N5O2/c1-17(2)20(26-11-13-29-14-12-26)15-24-22(23-3)25-18-9-10-27(16-18)19-7-5-6-8-21(19)28-4/h5-8,17-18,20H,9-16H2,1-4H3,(H2,23,24,25). The molecule has 162 valence electrons. The molecule has 1 aromatic rings. The number of hydrogen-bond donors (Lipinski definition) is 2. The van der Waals surface area contributed by atoms with Crippen LogP contribution in [0.4, 0.5) is 5.69 Å². The van der Waals surface area contributed by atoms with Gasteiger partial charge in [-0.15, -0.1) is 0 Å². The average Bonchev–Trinajstić information content (AvgIpc) is 3.22. The lowest BCUT2D eigenvalue weighted by atomic mass is 10.0. The van der Waals surface area contributed by atoms with Gasteiger partial charge >= 0.3 is 0 Å². The van der Waals surface area contributed by atoms with Crippen molar-refractivity contribution in [3.8, 4) is 5.75 Å². The maximum absolute atomic E-state index is 5.53. The van der Waals surface area contributed by atoms with Crippen molar-refractivity contribution in [2.75, 3.05) is 65.0 Å². The van der Waals surface area contributed by atoms with E-state index in [9.17, 15) is 0 Å². The highest BCUT2D eigenvalue weighted by Crippen LogP contribution is 2.30. The quantitative estimate of drug-likeness (QED) is 0.535. The number of nitrogens with zero attached hydrogens (tertiary/aromatic N) is 3. The van der Waals surface area contributed by atoms with Crippen molar-refractivity contribution in [3.05, 3.63) is 24.3 Å². The van der Waals surface area contributed by atoms with Gasteiger partial charge in [-0.25, -0.2) is 0 Å². The van der Waals surface area contributed by atoms with Crippen molar-refractivity contribution < 1.29 is 9.47 Å². The highest BCUT2D eigenvalue weighted by molar-refractivity contribution is 5.80. The minimum absolute atomic E-state index is 0.368. The third-order valence-corrected chi connectivity index (χ3v) is 5.94. The van der Waals surface area contributed by atoms with Crippen LogP contribution in [-0.2, 0) is 4.74 Å². The van der Waals surface area contributed by atoms with E-state index in [1.807, 2.05) is 19.2 Å². The fourth-order valence-corrected chi connectivity index (χ4v) is 4.27. The van der Waals surface area contributed by atoms with E-state index < -0.39 is 0 Å². The number of hydrogen-bond acceptors (Lipinski definition) is 5. The Kier molecular flexibility index (Phi) is 8.00. The van der Waals surface area contributed by atoms with Crippen LogP contribution in [0.2, 0.25) is 0 Å². The van der Waals surface area contributed by atoms with E-state index in [2.05, 4.69) is 51.4 Å². The Morgan fingerprint density at radius 2 is 2.00 bits per heavy atom. The van der Waals surface area contributed by atoms with Gasteiger partial charge in [0.1, 0.15) is 5.75 Å². The maximum atomic E-state index is 5.53. The number of benzene rings is 1. The molecule has 0 amide bonds. The first kappa shape index (κ1) is 21.7. The molecule has 2 aliphatic heterocycles. The molecule has 0 saturated carbocycles. The topological polar surface area (TPSA) is 61.4 Å². The van der Waals surface area contributed by atoms with Crippen molar-refractivity contribution in [2.24, 2.45) is 10.9 Å². The first-order valence-electron chi connectivity index (χ1n) is 10.8. The van der Waals surface area contributed by atoms with Crippen LogP contribution in [0, 0.1) is 5.92 Å². The van der Waals surface area contributed by atoms with Gasteiger partial charge in [0.05, 0.1) is 26.0 Å². The Bertz CT molecular complexity index is 660. The number of rotatable bonds is 7. The summed E-state index contributed by atoms with van der Waals surface area (Å²) in [4.78, 5) is 9.39. The van der Waals surface area contributed by atoms with Crippen molar-refractivity contribution in [1.82, 2.24) is 15.5 Å². The van der Waals surface area contributed by atoms with Crippen LogP contribution in [0.5, 0.6) is 5.75 Å². The lowest BCUT2D eigenvalue weighted by Crippen LogP contribution is -2.53. The molecule has 0 radical (unpaired) electrons. The molecule has 3 rings (SSSR count). The third-order valence-electron chi connectivity index (χ3n) is 5.94. The van der Waals surface area contributed by atoms with Gasteiger partial charge in [0.2, 0.25) is 0 Å². The normalized spacial score (nSPS) is 22.0. The fourth-order valence-electron chi connectivity index (χ4n) is 4.27. The van der Waals surface area contributed by atoms with Crippen LogP contribution in [0.1, 0.15) is 20.3 Å². The van der Waals surface area contributed by atoms with Crippen LogP contribution in [-0.4, -0.2) is 83.0 Å². The number of aliphatic imine (C=N–C) groups is 1. The third kappa shape index (κ3) is 5.76. The summed E-state index contributed by atoms with van der Waals surface area (Å²) < 4.78 is 11.0. The maximum Gasteiger partial charge on any atom is 0.191 e. The number of anilines is 1. The van der Waals surface area contributed by atoms with E-state index in [1.165, 1.54) is 0 Å².